The Morgan fingerprint density at radius 2 is 1.88 bits per heavy atom. The lowest BCUT2D eigenvalue weighted by Gasteiger charge is -2.03. The van der Waals surface area contributed by atoms with E-state index >= 15 is 0 Å². The molecule has 1 aliphatic carbocycles. The van der Waals surface area contributed by atoms with Crippen LogP contribution in [0.3, 0.4) is 0 Å². The maximum absolute atomic E-state index is 5.81. The second-order valence-corrected chi connectivity index (χ2v) is 4.49. The molecular formula is C13H15N3. The molecule has 0 spiro atoms. The van der Waals surface area contributed by atoms with Crippen molar-refractivity contribution in [1.29, 1.82) is 0 Å². The summed E-state index contributed by atoms with van der Waals surface area (Å²) in [6.45, 7) is 0. The Hall–Kier alpha value is -1.77. The zero-order chi connectivity index (χ0) is 11.1. The second-order valence-electron chi connectivity index (χ2n) is 4.49. The Bertz CT molecular complexity index is 483. The summed E-state index contributed by atoms with van der Waals surface area (Å²) in [5.41, 5.74) is 9.85. The van der Waals surface area contributed by atoms with Crippen molar-refractivity contribution in [2.45, 2.75) is 18.8 Å². The quantitative estimate of drug-likeness (QED) is 0.786. The first-order valence-corrected chi connectivity index (χ1v) is 5.60. The minimum atomic E-state index is 0.501. The summed E-state index contributed by atoms with van der Waals surface area (Å²) in [7, 11) is 1.89. The van der Waals surface area contributed by atoms with Gasteiger partial charge in [-0.15, -0.1) is 0 Å². The lowest BCUT2D eigenvalue weighted by atomic mass is 10.0. The molecule has 0 atom stereocenters. The third-order valence-electron chi connectivity index (χ3n) is 3.40. The van der Waals surface area contributed by atoms with Crippen LogP contribution in [0, 0.1) is 0 Å². The SMILES string of the molecule is Cn1nc(C2Cc3ccccc3C2)cc1N. The van der Waals surface area contributed by atoms with Crippen molar-refractivity contribution in [3.63, 3.8) is 0 Å². The number of rotatable bonds is 1. The highest BCUT2D eigenvalue weighted by Crippen LogP contribution is 2.33. The van der Waals surface area contributed by atoms with Gasteiger partial charge in [0.05, 0.1) is 5.69 Å². The molecule has 1 aliphatic rings. The number of hydrogen-bond donors (Lipinski definition) is 1. The number of aromatic nitrogens is 2. The Labute approximate surface area is 94.9 Å². The van der Waals surface area contributed by atoms with Gasteiger partial charge in [0.25, 0.3) is 0 Å². The first-order valence-electron chi connectivity index (χ1n) is 5.60. The zero-order valence-corrected chi connectivity index (χ0v) is 9.35. The summed E-state index contributed by atoms with van der Waals surface area (Å²) in [6.07, 6.45) is 2.18. The molecule has 3 rings (SSSR count). The maximum atomic E-state index is 5.81. The van der Waals surface area contributed by atoms with Crippen molar-refractivity contribution in [2.75, 3.05) is 5.73 Å². The average Bonchev–Trinajstić information content (AvgIpc) is 2.83. The molecule has 2 N–H and O–H groups in total. The van der Waals surface area contributed by atoms with E-state index in [9.17, 15) is 0 Å². The third-order valence-corrected chi connectivity index (χ3v) is 3.40. The van der Waals surface area contributed by atoms with Crippen LogP contribution in [0.4, 0.5) is 5.82 Å². The molecule has 2 aromatic rings. The molecular weight excluding hydrogens is 198 g/mol. The van der Waals surface area contributed by atoms with Gasteiger partial charge in [0, 0.05) is 19.0 Å². The summed E-state index contributed by atoms with van der Waals surface area (Å²) in [4.78, 5) is 0. The van der Waals surface area contributed by atoms with E-state index in [1.807, 2.05) is 13.1 Å². The molecule has 1 heterocycles. The van der Waals surface area contributed by atoms with E-state index in [0.29, 0.717) is 5.92 Å². The minimum Gasteiger partial charge on any atom is -0.384 e. The van der Waals surface area contributed by atoms with Crippen molar-refractivity contribution in [2.24, 2.45) is 7.05 Å². The molecule has 16 heavy (non-hydrogen) atoms. The first-order chi connectivity index (χ1) is 7.74. The topological polar surface area (TPSA) is 43.8 Å². The van der Waals surface area contributed by atoms with Crippen LogP contribution in [0.2, 0.25) is 0 Å². The van der Waals surface area contributed by atoms with E-state index < -0.39 is 0 Å². The summed E-state index contributed by atoms with van der Waals surface area (Å²) in [5.74, 6) is 1.24. The Morgan fingerprint density at radius 3 is 2.38 bits per heavy atom. The van der Waals surface area contributed by atoms with Gasteiger partial charge in [-0.25, -0.2) is 0 Å². The molecule has 1 aromatic heterocycles. The molecule has 82 valence electrons. The van der Waals surface area contributed by atoms with E-state index in [2.05, 4.69) is 29.4 Å². The van der Waals surface area contributed by atoms with Crippen LogP contribution in [-0.2, 0) is 19.9 Å². The van der Waals surface area contributed by atoms with Crippen LogP contribution in [0.15, 0.2) is 30.3 Å². The van der Waals surface area contributed by atoms with Gasteiger partial charge < -0.3 is 5.73 Å². The van der Waals surface area contributed by atoms with E-state index in [4.69, 9.17) is 5.73 Å². The summed E-state index contributed by atoms with van der Waals surface area (Å²) >= 11 is 0. The summed E-state index contributed by atoms with van der Waals surface area (Å²) in [5, 5.41) is 4.47. The molecule has 3 heteroatoms. The Morgan fingerprint density at radius 1 is 1.25 bits per heavy atom. The van der Waals surface area contributed by atoms with Crippen LogP contribution < -0.4 is 5.73 Å². The Balaban J connectivity index is 1.91. The Kier molecular flexibility index (Phi) is 1.99. The zero-order valence-electron chi connectivity index (χ0n) is 9.35. The molecule has 0 aliphatic heterocycles. The highest BCUT2D eigenvalue weighted by Gasteiger charge is 2.24. The van der Waals surface area contributed by atoms with Gasteiger partial charge in [-0.2, -0.15) is 5.10 Å². The number of hydrogen-bond acceptors (Lipinski definition) is 2. The van der Waals surface area contributed by atoms with Crippen molar-refractivity contribution >= 4 is 5.82 Å². The molecule has 0 fully saturated rings. The molecule has 1 aromatic carbocycles. The third kappa shape index (κ3) is 1.40. The highest BCUT2D eigenvalue weighted by atomic mass is 15.3. The average molecular weight is 213 g/mol. The minimum absolute atomic E-state index is 0.501. The fraction of sp³-hybridized carbons (Fsp3) is 0.308. The van der Waals surface area contributed by atoms with Gasteiger partial charge in [-0.05, 0) is 24.0 Å². The van der Waals surface area contributed by atoms with E-state index in [1.165, 1.54) is 11.1 Å². The largest absolute Gasteiger partial charge is 0.384 e. The smallest absolute Gasteiger partial charge is 0.121 e. The van der Waals surface area contributed by atoms with Crippen molar-refractivity contribution in [3.8, 4) is 0 Å². The molecule has 0 amide bonds. The van der Waals surface area contributed by atoms with Crippen molar-refractivity contribution < 1.29 is 0 Å². The van der Waals surface area contributed by atoms with Crippen LogP contribution in [0.25, 0.3) is 0 Å². The predicted octanol–water partition coefficient (Wildman–Crippen LogP) is 1.88. The van der Waals surface area contributed by atoms with Crippen LogP contribution in [-0.4, -0.2) is 9.78 Å². The number of fused-ring (bicyclic) bond motifs is 1. The number of anilines is 1. The second kappa shape index (κ2) is 3.37. The normalized spacial score (nSPS) is 15.3. The molecule has 0 bridgehead atoms. The number of aryl methyl sites for hydroxylation is 1. The van der Waals surface area contributed by atoms with Gasteiger partial charge in [-0.3, -0.25) is 4.68 Å². The van der Waals surface area contributed by atoms with Crippen LogP contribution in [0.1, 0.15) is 22.7 Å². The first kappa shape index (κ1) is 9.46. The number of nitrogens with two attached hydrogens (primary N) is 1. The fourth-order valence-electron chi connectivity index (χ4n) is 2.47. The van der Waals surface area contributed by atoms with Crippen LogP contribution >= 0.6 is 0 Å². The predicted molar refractivity (Wildman–Crippen MR) is 64.2 cm³/mol. The fourth-order valence-corrected chi connectivity index (χ4v) is 2.47. The van der Waals surface area contributed by atoms with Gasteiger partial charge in [0.1, 0.15) is 5.82 Å². The molecule has 0 radical (unpaired) electrons. The number of nitrogens with zero attached hydrogens (tertiary/aromatic N) is 2. The monoisotopic (exact) mass is 213 g/mol. The van der Waals surface area contributed by atoms with Gasteiger partial charge in [0.2, 0.25) is 0 Å². The summed E-state index contributed by atoms with van der Waals surface area (Å²) < 4.78 is 1.75. The number of benzene rings is 1. The van der Waals surface area contributed by atoms with E-state index in [0.717, 1.165) is 24.4 Å². The van der Waals surface area contributed by atoms with Gasteiger partial charge >= 0.3 is 0 Å². The molecule has 0 unspecified atom stereocenters. The molecule has 3 nitrogen and oxygen atoms in total. The van der Waals surface area contributed by atoms with Crippen LogP contribution in [0.5, 0.6) is 0 Å². The van der Waals surface area contributed by atoms with E-state index in [1.54, 1.807) is 4.68 Å². The number of nitrogen functional groups attached to an aromatic ring is 1. The lowest BCUT2D eigenvalue weighted by molar-refractivity contribution is 0.670. The summed E-state index contributed by atoms with van der Waals surface area (Å²) in [6, 6.07) is 10.6. The molecule has 0 saturated heterocycles. The molecule has 0 saturated carbocycles. The van der Waals surface area contributed by atoms with Crippen molar-refractivity contribution in [1.82, 2.24) is 9.78 Å². The van der Waals surface area contributed by atoms with Gasteiger partial charge in [-0.1, -0.05) is 24.3 Å². The highest BCUT2D eigenvalue weighted by molar-refractivity contribution is 5.39. The van der Waals surface area contributed by atoms with E-state index in [-0.39, 0.29) is 0 Å². The van der Waals surface area contributed by atoms with Crippen molar-refractivity contribution in [3.05, 3.63) is 47.2 Å². The van der Waals surface area contributed by atoms with Gasteiger partial charge in [0.15, 0.2) is 0 Å². The maximum Gasteiger partial charge on any atom is 0.121 e. The standard InChI is InChI=1S/C13H15N3/c1-16-13(14)8-12(15-16)11-6-9-4-2-3-5-10(9)7-11/h2-5,8,11H,6-7,14H2,1H3. The lowest BCUT2D eigenvalue weighted by Crippen LogP contribution is -2.01.